The van der Waals surface area contributed by atoms with E-state index in [9.17, 15) is 13.2 Å². The van der Waals surface area contributed by atoms with Crippen LogP contribution in [-0.4, -0.2) is 54.0 Å². The highest BCUT2D eigenvalue weighted by molar-refractivity contribution is 7.99. The van der Waals surface area contributed by atoms with Gasteiger partial charge in [0, 0.05) is 25.2 Å². The Morgan fingerprint density at radius 3 is 2.47 bits per heavy atom. The Hall–Kier alpha value is -2.36. The number of hydrogen-bond donors (Lipinski definition) is 0. The molecule has 32 heavy (non-hydrogen) atoms. The van der Waals surface area contributed by atoms with Crippen molar-refractivity contribution in [2.24, 2.45) is 0 Å². The van der Waals surface area contributed by atoms with Gasteiger partial charge in [0.1, 0.15) is 5.75 Å². The summed E-state index contributed by atoms with van der Waals surface area (Å²) in [4.78, 5) is 17.6. The van der Waals surface area contributed by atoms with Crippen LogP contribution < -0.4 is 4.74 Å². The second-order valence-electron chi connectivity index (χ2n) is 7.69. The average molecular weight is 474 g/mol. The molecule has 2 heterocycles. The Labute approximate surface area is 192 Å². The third-order valence-electron chi connectivity index (χ3n) is 5.70. The van der Waals surface area contributed by atoms with Crippen molar-refractivity contribution in [1.29, 1.82) is 0 Å². The number of methoxy groups -OCH3 is 1. The zero-order valence-corrected chi connectivity index (χ0v) is 19.9. The predicted octanol–water partition coefficient (Wildman–Crippen LogP) is 4.21. The van der Waals surface area contributed by atoms with Gasteiger partial charge in [-0.2, -0.15) is 4.31 Å². The minimum absolute atomic E-state index is 0.000674. The molecule has 1 saturated heterocycles. The smallest absolute Gasteiger partial charge is 0.243 e. The van der Waals surface area contributed by atoms with Crippen LogP contribution >= 0.6 is 11.8 Å². The molecule has 170 valence electrons. The van der Waals surface area contributed by atoms with Gasteiger partial charge in [-0.1, -0.05) is 18.2 Å². The van der Waals surface area contributed by atoms with E-state index in [1.54, 1.807) is 47.8 Å². The van der Waals surface area contributed by atoms with Crippen LogP contribution in [-0.2, 0) is 16.6 Å². The number of piperidine rings is 1. The zero-order valence-electron chi connectivity index (χ0n) is 18.3. The number of nitrogens with zero attached hydrogens (tertiary/aromatic N) is 3. The summed E-state index contributed by atoms with van der Waals surface area (Å²) in [5.41, 5.74) is 2.11. The van der Waals surface area contributed by atoms with Gasteiger partial charge in [-0.3, -0.25) is 4.79 Å². The Bertz CT molecular complexity index is 1210. The maximum atomic E-state index is 13.0. The number of aryl methyl sites for hydroxylation is 1. The number of aromatic nitrogens is 2. The molecule has 4 rings (SSSR count). The lowest BCUT2D eigenvalue weighted by atomic mass is 10.1. The highest BCUT2D eigenvalue weighted by Gasteiger charge is 2.26. The van der Waals surface area contributed by atoms with Crippen molar-refractivity contribution >= 4 is 38.6 Å². The molecule has 3 aromatic rings. The van der Waals surface area contributed by atoms with E-state index in [0.717, 1.165) is 24.8 Å². The lowest BCUT2D eigenvalue weighted by molar-refractivity contribution is 0.102. The summed E-state index contributed by atoms with van der Waals surface area (Å²) < 4.78 is 34.8. The van der Waals surface area contributed by atoms with Gasteiger partial charge < -0.3 is 9.30 Å². The minimum atomic E-state index is -3.52. The van der Waals surface area contributed by atoms with Crippen molar-refractivity contribution in [3.05, 3.63) is 48.0 Å². The molecule has 0 unspecified atom stereocenters. The van der Waals surface area contributed by atoms with E-state index in [0.29, 0.717) is 41.6 Å². The summed E-state index contributed by atoms with van der Waals surface area (Å²) in [6.07, 6.45) is 2.87. The van der Waals surface area contributed by atoms with E-state index in [-0.39, 0.29) is 16.4 Å². The van der Waals surface area contributed by atoms with Gasteiger partial charge in [-0.05, 0) is 62.2 Å². The molecule has 9 heteroatoms. The summed E-state index contributed by atoms with van der Waals surface area (Å²) in [7, 11) is -1.93. The molecule has 1 aromatic heterocycles. The minimum Gasteiger partial charge on any atom is -0.497 e. The van der Waals surface area contributed by atoms with Gasteiger partial charge in [0.15, 0.2) is 10.9 Å². The van der Waals surface area contributed by atoms with Crippen LogP contribution in [0.2, 0.25) is 0 Å². The van der Waals surface area contributed by atoms with Crippen LogP contribution in [0.4, 0.5) is 0 Å². The number of sulfonamides is 1. The highest BCUT2D eigenvalue weighted by atomic mass is 32.2. The average Bonchev–Trinajstić information content (AvgIpc) is 3.19. The molecule has 0 bridgehead atoms. The summed E-state index contributed by atoms with van der Waals surface area (Å²) in [6, 6.07) is 12.2. The van der Waals surface area contributed by atoms with Gasteiger partial charge in [0.2, 0.25) is 10.0 Å². The largest absolute Gasteiger partial charge is 0.497 e. The van der Waals surface area contributed by atoms with Crippen molar-refractivity contribution in [3.63, 3.8) is 0 Å². The Morgan fingerprint density at radius 2 is 1.81 bits per heavy atom. The van der Waals surface area contributed by atoms with Gasteiger partial charge >= 0.3 is 0 Å². The lowest BCUT2D eigenvalue weighted by Crippen LogP contribution is -2.35. The van der Waals surface area contributed by atoms with Gasteiger partial charge in [0.05, 0.1) is 28.8 Å². The number of ketones is 1. The molecule has 0 amide bonds. The second-order valence-corrected chi connectivity index (χ2v) is 10.6. The Balaban J connectivity index is 1.56. The van der Waals surface area contributed by atoms with Crippen molar-refractivity contribution in [3.8, 4) is 5.75 Å². The fourth-order valence-electron chi connectivity index (χ4n) is 3.91. The molecule has 0 spiro atoms. The molecule has 1 aliphatic heterocycles. The van der Waals surface area contributed by atoms with Crippen LogP contribution in [0.15, 0.2) is 52.5 Å². The van der Waals surface area contributed by atoms with Crippen molar-refractivity contribution in [2.45, 2.75) is 42.8 Å². The number of carbonyl (C=O) groups excluding carboxylic acids is 1. The number of carbonyl (C=O) groups is 1. The van der Waals surface area contributed by atoms with Crippen LogP contribution in [0.25, 0.3) is 11.0 Å². The molecular formula is C23H27N3O4S2. The molecule has 7 nitrogen and oxygen atoms in total. The third-order valence-corrected chi connectivity index (χ3v) is 8.57. The zero-order chi connectivity index (χ0) is 22.7. The predicted molar refractivity (Wildman–Crippen MR) is 126 cm³/mol. The maximum absolute atomic E-state index is 13.0. The first-order chi connectivity index (χ1) is 15.4. The lowest BCUT2D eigenvalue weighted by Gasteiger charge is -2.25. The number of Topliss-reactive ketones (excluding diaryl/α,β-unsaturated/α-hetero) is 1. The number of ether oxygens (including phenoxy) is 1. The Morgan fingerprint density at radius 1 is 1.09 bits per heavy atom. The molecule has 2 aromatic carbocycles. The van der Waals surface area contributed by atoms with Gasteiger partial charge in [0.25, 0.3) is 0 Å². The van der Waals surface area contributed by atoms with Crippen molar-refractivity contribution in [1.82, 2.24) is 13.9 Å². The van der Waals surface area contributed by atoms with Crippen LogP contribution in [0, 0.1) is 0 Å². The number of thioether (sulfide) groups is 1. The molecule has 0 saturated carbocycles. The van der Waals surface area contributed by atoms with E-state index in [4.69, 9.17) is 4.74 Å². The molecule has 1 fully saturated rings. The summed E-state index contributed by atoms with van der Waals surface area (Å²) >= 11 is 1.36. The third kappa shape index (κ3) is 4.55. The van der Waals surface area contributed by atoms with E-state index in [2.05, 4.69) is 4.98 Å². The quantitative estimate of drug-likeness (QED) is 0.360. The first kappa shape index (κ1) is 22.8. The standard InChI is InChI=1S/C23H27N3O4S2/c1-3-26-21-12-11-19(32(28,29)25-13-5-4-6-14-25)15-20(21)24-23(26)31-16-22(27)17-7-9-18(30-2)10-8-17/h7-12,15H,3-6,13-14,16H2,1-2H3. The van der Waals surface area contributed by atoms with Crippen LogP contribution in [0.1, 0.15) is 36.5 Å². The molecule has 0 atom stereocenters. The Kier molecular flexibility index (Phi) is 6.88. The molecule has 0 radical (unpaired) electrons. The SMILES string of the molecule is CCn1c(SCC(=O)c2ccc(OC)cc2)nc2cc(S(=O)(=O)N3CCCCC3)ccc21. The maximum Gasteiger partial charge on any atom is 0.243 e. The van der Waals surface area contributed by atoms with Crippen LogP contribution in [0.3, 0.4) is 0 Å². The van der Waals surface area contributed by atoms with E-state index in [1.165, 1.54) is 11.8 Å². The molecule has 0 N–H and O–H groups in total. The molecule has 0 aliphatic carbocycles. The number of benzene rings is 2. The first-order valence-corrected chi connectivity index (χ1v) is 13.2. The van der Waals surface area contributed by atoms with E-state index < -0.39 is 10.0 Å². The molecule has 1 aliphatic rings. The summed E-state index contributed by atoms with van der Waals surface area (Å²) in [5.74, 6) is 0.951. The van der Waals surface area contributed by atoms with E-state index in [1.807, 2.05) is 17.6 Å². The number of fused-ring (bicyclic) bond motifs is 1. The fraction of sp³-hybridized carbons (Fsp3) is 0.391. The van der Waals surface area contributed by atoms with E-state index >= 15 is 0 Å². The van der Waals surface area contributed by atoms with Crippen LogP contribution in [0.5, 0.6) is 5.75 Å². The summed E-state index contributed by atoms with van der Waals surface area (Å²) in [5, 5.41) is 0.705. The normalized spacial score (nSPS) is 15.2. The van der Waals surface area contributed by atoms with Gasteiger partial charge in [-0.25, -0.2) is 13.4 Å². The highest BCUT2D eigenvalue weighted by Crippen LogP contribution is 2.28. The number of imidazole rings is 1. The molecular weight excluding hydrogens is 446 g/mol. The number of hydrogen-bond acceptors (Lipinski definition) is 6. The number of rotatable bonds is 8. The topological polar surface area (TPSA) is 81.5 Å². The summed E-state index contributed by atoms with van der Waals surface area (Å²) in [6.45, 7) is 3.82. The fourth-order valence-corrected chi connectivity index (χ4v) is 6.42. The first-order valence-electron chi connectivity index (χ1n) is 10.7. The van der Waals surface area contributed by atoms with Gasteiger partial charge in [-0.15, -0.1) is 0 Å². The monoisotopic (exact) mass is 473 g/mol. The van der Waals surface area contributed by atoms with Crippen molar-refractivity contribution < 1.29 is 17.9 Å². The second kappa shape index (κ2) is 9.64. The van der Waals surface area contributed by atoms with Crippen molar-refractivity contribution in [2.75, 3.05) is 26.0 Å².